The molecule has 0 atom stereocenters. The maximum Gasteiger partial charge on any atom is 0.221 e. The Morgan fingerprint density at radius 3 is 2.80 bits per heavy atom. The van der Waals surface area contributed by atoms with Crippen LogP contribution in [0.25, 0.3) is 0 Å². The van der Waals surface area contributed by atoms with Crippen molar-refractivity contribution in [2.24, 2.45) is 0 Å². The molecular formula is C11H14ClNO2. The van der Waals surface area contributed by atoms with E-state index in [1.54, 1.807) is 0 Å². The molecule has 0 spiro atoms. The largest absolute Gasteiger partial charge is 0.492 e. The highest BCUT2D eigenvalue weighted by molar-refractivity contribution is 6.18. The molecule has 1 aromatic rings. The molecule has 1 aromatic carbocycles. The molecule has 0 aliphatic heterocycles. The molecule has 0 fully saturated rings. The normalized spacial score (nSPS) is 9.80. The fourth-order valence-electron chi connectivity index (χ4n) is 1.21. The van der Waals surface area contributed by atoms with E-state index in [4.69, 9.17) is 16.3 Å². The molecule has 0 radical (unpaired) electrons. The maximum atomic E-state index is 10.9. The van der Waals surface area contributed by atoms with Crippen LogP contribution in [-0.4, -0.2) is 18.4 Å². The lowest BCUT2D eigenvalue weighted by Gasteiger charge is -2.09. The molecule has 1 N–H and O–H groups in total. The van der Waals surface area contributed by atoms with Crippen molar-refractivity contribution in [1.29, 1.82) is 0 Å². The summed E-state index contributed by atoms with van der Waals surface area (Å²) in [5.74, 6) is 1.15. The third-order valence-electron chi connectivity index (χ3n) is 1.85. The topological polar surface area (TPSA) is 38.3 Å². The molecule has 0 heterocycles. The second-order valence-corrected chi connectivity index (χ2v) is 3.57. The Morgan fingerprint density at radius 2 is 2.27 bits per heavy atom. The Labute approximate surface area is 94.4 Å². The van der Waals surface area contributed by atoms with Gasteiger partial charge in [-0.1, -0.05) is 0 Å². The summed E-state index contributed by atoms with van der Waals surface area (Å²) in [6.45, 7) is 3.89. The highest BCUT2D eigenvalue weighted by Gasteiger charge is 2.01. The van der Waals surface area contributed by atoms with Crippen molar-refractivity contribution in [2.45, 2.75) is 13.8 Å². The van der Waals surface area contributed by atoms with Crippen LogP contribution in [0, 0.1) is 6.92 Å². The van der Waals surface area contributed by atoms with Crippen LogP contribution in [0.4, 0.5) is 5.69 Å². The van der Waals surface area contributed by atoms with Gasteiger partial charge in [-0.2, -0.15) is 0 Å². The van der Waals surface area contributed by atoms with Crippen LogP contribution >= 0.6 is 11.6 Å². The minimum absolute atomic E-state index is 0.0764. The van der Waals surface area contributed by atoms with Crippen molar-refractivity contribution in [2.75, 3.05) is 17.8 Å². The van der Waals surface area contributed by atoms with Gasteiger partial charge in [0.25, 0.3) is 0 Å². The first-order valence-corrected chi connectivity index (χ1v) is 5.24. The van der Waals surface area contributed by atoms with Crippen LogP contribution in [0.1, 0.15) is 12.5 Å². The molecule has 1 amide bonds. The summed E-state index contributed by atoms with van der Waals surface area (Å²) in [6, 6.07) is 5.50. The Balaban J connectivity index is 2.74. The second-order valence-electron chi connectivity index (χ2n) is 3.20. The number of alkyl halides is 1. The molecule has 0 saturated heterocycles. The smallest absolute Gasteiger partial charge is 0.221 e. The predicted molar refractivity (Wildman–Crippen MR) is 61.7 cm³/mol. The SMILES string of the molecule is CC(=O)Nc1ccc(OCCCl)cc1C. The van der Waals surface area contributed by atoms with Crippen LogP contribution < -0.4 is 10.1 Å². The van der Waals surface area contributed by atoms with Crippen LogP contribution in [0.2, 0.25) is 0 Å². The van der Waals surface area contributed by atoms with Gasteiger partial charge >= 0.3 is 0 Å². The number of halogens is 1. The molecule has 0 aliphatic carbocycles. The van der Waals surface area contributed by atoms with Gasteiger partial charge in [0, 0.05) is 12.6 Å². The third kappa shape index (κ3) is 3.80. The number of anilines is 1. The number of benzene rings is 1. The van der Waals surface area contributed by atoms with Gasteiger partial charge in [-0.3, -0.25) is 4.79 Å². The molecule has 15 heavy (non-hydrogen) atoms. The van der Waals surface area contributed by atoms with Crippen LogP contribution in [0.3, 0.4) is 0 Å². The van der Waals surface area contributed by atoms with E-state index >= 15 is 0 Å². The number of nitrogens with one attached hydrogen (secondary N) is 1. The van der Waals surface area contributed by atoms with Gasteiger partial charge in [0.15, 0.2) is 0 Å². The van der Waals surface area contributed by atoms with Gasteiger partial charge in [-0.05, 0) is 30.7 Å². The lowest BCUT2D eigenvalue weighted by Crippen LogP contribution is -2.07. The average Bonchev–Trinajstić information content (AvgIpc) is 2.18. The average molecular weight is 228 g/mol. The first-order chi connectivity index (χ1) is 7.13. The number of hydrogen-bond acceptors (Lipinski definition) is 2. The number of carbonyl (C=O) groups excluding carboxylic acids is 1. The van der Waals surface area contributed by atoms with E-state index in [9.17, 15) is 4.79 Å². The third-order valence-corrected chi connectivity index (χ3v) is 2.01. The minimum atomic E-state index is -0.0764. The number of hydrogen-bond donors (Lipinski definition) is 1. The Hall–Kier alpha value is -1.22. The van der Waals surface area contributed by atoms with Crippen molar-refractivity contribution >= 4 is 23.2 Å². The molecule has 3 nitrogen and oxygen atoms in total. The molecule has 4 heteroatoms. The van der Waals surface area contributed by atoms with Gasteiger partial charge in [-0.25, -0.2) is 0 Å². The first kappa shape index (κ1) is 11.9. The fraction of sp³-hybridized carbons (Fsp3) is 0.364. The number of carbonyl (C=O) groups is 1. The first-order valence-electron chi connectivity index (χ1n) is 4.70. The number of amides is 1. The summed E-state index contributed by atoms with van der Waals surface area (Å²) in [4.78, 5) is 10.9. The van der Waals surface area contributed by atoms with Crippen molar-refractivity contribution in [3.05, 3.63) is 23.8 Å². The molecular weight excluding hydrogens is 214 g/mol. The van der Waals surface area contributed by atoms with Crippen molar-refractivity contribution in [3.8, 4) is 5.75 Å². The van der Waals surface area contributed by atoms with Gasteiger partial charge in [0.1, 0.15) is 12.4 Å². The quantitative estimate of drug-likeness (QED) is 0.803. The van der Waals surface area contributed by atoms with E-state index in [1.807, 2.05) is 25.1 Å². The Kier molecular flexibility index (Phi) is 4.43. The van der Waals surface area contributed by atoms with E-state index in [-0.39, 0.29) is 5.91 Å². The number of rotatable bonds is 4. The molecule has 0 bridgehead atoms. The summed E-state index contributed by atoms with van der Waals surface area (Å²) in [5.41, 5.74) is 1.78. The Morgan fingerprint density at radius 1 is 1.53 bits per heavy atom. The van der Waals surface area contributed by atoms with Crippen molar-refractivity contribution in [1.82, 2.24) is 0 Å². The maximum absolute atomic E-state index is 10.9. The summed E-state index contributed by atoms with van der Waals surface area (Å²) in [6.07, 6.45) is 0. The summed E-state index contributed by atoms with van der Waals surface area (Å²) in [5, 5.41) is 2.74. The lowest BCUT2D eigenvalue weighted by molar-refractivity contribution is -0.114. The predicted octanol–water partition coefficient (Wildman–Crippen LogP) is 2.57. The molecule has 0 aliphatic rings. The fourth-order valence-corrected chi connectivity index (χ4v) is 1.29. The summed E-state index contributed by atoms with van der Waals surface area (Å²) < 4.78 is 5.35. The molecule has 1 rings (SSSR count). The molecule has 0 aromatic heterocycles. The summed E-state index contributed by atoms with van der Waals surface area (Å²) >= 11 is 5.51. The standard InChI is InChI=1S/C11H14ClNO2/c1-8-7-10(15-6-5-12)3-4-11(8)13-9(2)14/h3-4,7H,5-6H2,1-2H3,(H,13,14). The zero-order valence-corrected chi connectivity index (χ0v) is 9.60. The van der Waals surface area contributed by atoms with E-state index in [2.05, 4.69) is 5.32 Å². The molecule has 82 valence electrons. The molecule has 0 unspecified atom stereocenters. The Bertz CT molecular complexity index is 352. The highest BCUT2D eigenvalue weighted by atomic mass is 35.5. The van der Waals surface area contributed by atoms with Gasteiger partial charge < -0.3 is 10.1 Å². The minimum Gasteiger partial charge on any atom is -0.492 e. The summed E-state index contributed by atoms with van der Waals surface area (Å²) in [7, 11) is 0. The van der Waals surface area contributed by atoms with E-state index in [1.165, 1.54) is 6.92 Å². The van der Waals surface area contributed by atoms with Crippen LogP contribution in [-0.2, 0) is 4.79 Å². The highest BCUT2D eigenvalue weighted by Crippen LogP contribution is 2.21. The van der Waals surface area contributed by atoms with E-state index < -0.39 is 0 Å². The molecule has 0 saturated carbocycles. The van der Waals surface area contributed by atoms with E-state index in [0.29, 0.717) is 12.5 Å². The second kappa shape index (κ2) is 5.61. The van der Waals surface area contributed by atoms with Crippen molar-refractivity contribution < 1.29 is 9.53 Å². The van der Waals surface area contributed by atoms with Crippen LogP contribution in [0.5, 0.6) is 5.75 Å². The monoisotopic (exact) mass is 227 g/mol. The lowest BCUT2D eigenvalue weighted by atomic mass is 10.2. The van der Waals surface area contributed by atoms with Gasteiger partial charge in [0.05, 0.1) is 5.88 Å². The van der Waals surface area contributed by atoms with Gasteiger partial charge in [0.2, 0.25) is 5.91 Å². The van der Waals surface area contributed by atoms with Gasteiger partial charge in [-0.15, -0.1) is 11.6 Å². The zero-order valence-electron chi connectivity index (χ0n) is 8.84. The van der Waals surface area contributed by atoms with E-state index in [0.717, 1.165) is 17.0 Å². The number of aryl methyl sites for hydroxylation is 1. The van der Waals surface area contributed by atoms with Crippen LogP contribution in [0.15, 0.2) is 18.2 Å². The number of ether oxygens (including phenoxy) is 1. The zero-order chi connectivity index (χ0) is 11.3. The van der Waals surface area contributed by atoms with Crippen molar-refractivity contribution in [3.63, 3.8) is 0 Å².